The van der Waals surface area contributed by atoms with Crippen molar-refractivity contribution >= 4 is 46.5 Å². The first-order chi connectivity index (χ1) is 7.70. The fourth-order valence-corrected chi connectivity index (χ4v) is 1.94. The molecule has 0 amide bonds. The molecular formula is C10H10ClFIN3. The number of benzene rings is 1. The van der Waals surface area contributed by atoms with Crippen molar-refractivity contribution in [1.29, 1.82) is 0 Å². The minimum atomic E-state index is -0.280. The van der Waals surface area contributed by atoms with Gasteiger partial charge in [-0.05, 0) is 17.7 Å². The Labute approximate surface area is 112 Å². The molecule has 0 bridgehead atoms. The van der Waals surface area contributed by atoms with Crippen molar-refractivity contribution < 1.29 is 4.39 Å². The molecule has 0 radical (unpaired) electrons. The highest BCUT2D eigenvalue weighted by atomic mass is 127. The van der Waals surface area contributed by atoms with Gasteiger partial charge in [0.15, 0.2) is 0 Å². The summed E-state index contributed by atoms with van der Waals surface area (Å²) in [6, 6.07) is 4.99. The number of halogens is 3. The molecule has 0 saturated heterocycles. The molecule has 0 spiro atoms. The number of nitrogens with zero attached hydrogens (tertiary/aromatic N) is 3. The maximum atomic E-state index is 13.7. The highest BCUT2D eigenvalue weighted by Gasteiger charge is 2.14. The Morgan fingerprint density at radius 2 is 2.25 bits per heavy atom. The Morgan fingerprint density at radius 3 is 2.81 bits per heavy atom. The van der Waals surface area contributed by atoms with Crippen molar-refractivity contribution in [2.45, 2.75) is 5.88 Å². The SMILES string of the molecule is Fc1cc(CCl)ccc1N1CCN(I)C=N1. The van der Waals surface area contributed by atoms with Crippen molar-refractivity contribution in [1.82, 2.24) is 3.11 Å². The van der Waals surface area contributed by atoms with E-state index >= 15 is 0 Å². The lowest BCUT2D eigenvalue weighted by Gasteiger charge is -2.26. The van der Waals surface area contributed by atoms with Gasteiger partial charge in [0.05, 0.1) is 35.1 Å². The molecule has 0 aliphatic carbocycles. The van der Waals surface area contributed by atoms with E-state index in [1.807, 2.05) is 9.18 Å². The van der Waals surface area contributed by atoms with Crippen LogP contribution in [-0.2, 0) is 5.88 Å². The van der Waals surface area contributed by atoms with Gasteiger partial charge in [0.2, 0.25) is 0 Å². The summed E-state index contributed by atoms with van der Waals surface area (Å²) < 4.78 is 15.7. The van der Waals surface area contributed by atoms with E-state index in [0.29, 0.717) is 18.1 Å². The topological polar surface area (TPSA) is 18.8 Å². The predicted octanol–water partition coefficient (Wildman–Crippen LogP) is 2.98. The average molecular weight is 354 g/mol. The van der Waals surface area contributed by atoms with Crippen LogP contribution in [0.5, 0.6) is 0 Å². The van der Waals surface area contributed by atoms with E-state index in [9.17, 15) is 4.39 Å². The van der Waals surface area contributed by atoms with Gasteiger partial charge in [-0.1, -0.05) is 6.07 Å². The first-order valence-electron chi connectivity index (χ1n) is 4.79. The van der Waals surface area contributed by atoms with Crippen molar-refractivity contribution in [2.75, 3.05) is 18.1 Å². The normalized spacial score (nSPS) is 15.7. The van der Waals surface area contributed by atoms with E-state index in [1.54, 1.807) is 17.4 Å². The molecule has 3 nitrogen and oxygen atoms in total. The van der Waals surface area contributed by atoms with Gasteiger partial charge in [-0.3, -0.25) is 5.01 Å². The number of hydrogen-bond donors (Lipinski definition) is 0. The van der Waals surface area contributed by atoms with Gasteiger partial charge in [0.1, 0.15) is 12.2 Å². The number of rotatable bonds is 2. The van der Waals surface area contributed by atoms with Crippen molar-refractivity contribution in [3.8, 4) is 0 Å². The fraction of sp³-hybridized carbons (Fsp3) is 0.300. The molecule has 0 atom stereocenters. The molecule has 1 aromatic carbocycles. The van der Waals surface area contributed by atoms with Crippen LogP contribution in [0.3, 0.4) is 0 Å². The molecule has 0 aromatic heterocycles. The second-order valence-corrected chi connectivity index (χ2v) is 4.90. The maximum absolute atomic E-state index is 13.7. The van der Waals surface area contributed by atoms with Crippen LogP contribution in [0.15, 0.2) is 23.3 Å². The highest BCUT2D eigenvalue weighted by molar-refractivity contribution is 14.1. The molecule has 0 saturated carbocycles. The summed E-state index contributed by atoms with van der Waals surface area (Å²) >= 11 is 7.79. The lowest BCUT2D eigenvalue weighted by Crippen LogP contribution is -2.33. The second kappa shape index (κ2) is 5.18. The van der Waals surface area contributed by atoms with E-state index in [-0.39, 0.29) is 5.82 Å². The zero-order valence-electron chi connectivity index (χ0n) is 8.41. The van der Waals surface area contributed by atoms with Crippen LogP contribution in [0.1, 0.15) is 5.56 Å². The van der Waals surface area contributed by atoms with Crippen LogP contribution in [0.4, 0.5) is 10.1 Å². The Hall–Kier alpha value is -0.560. The monoisotopic (exact) mass is 353 g/mol. The molecule has 6 heteroatoms. The Balaban J connectivity index is 2.24. The van der Waals surface area contributed by atoms with Gasteiger partial charge >= 0.3 is 0 Å². The van der Waals surface area contributed by atoms with Crippen LogP contribution in [0, 0.1) is 5.82 Å². The first-order valence-corrected chi connectivity index (χ1v) is 6.29. The first kappa shape index (κ1) is 11.9. The van der Waals surface area contributed by atoms with Gasteiger partial charge in [-0.15, -0.1) is 11.6 Å². The molecule has 1 aromatic rings. The molecule has 0 fully saturated rings. The van der Waals surface area contributed by atoms with Crippen LogP contribution in [-0.4, -0.2) is 22.5 Å². The molecule has 0 N–H and O–H groups in total. The summed E-state index contributed by atoms with van der Waals surface area (Å²) in [4.78, 5) is 0. The van der Waals surface area contributed by atoms with Gasteiger partial charge < -0.3 is 3.11 Å². The van der Waals surface area contributed by atoms with Gasteiger partial charge in [-0.2, -0.15) is 5.10 Å². The summed E-state index contributed by atoms with van der Waals surface area (Å²) in [5.41, 5.74) is 1.27. The zero-order valence-corrected chi connectivity index (χ0v) is 11.3. The third-order valence-electron chi connectivity index (χ3n) is 2.29. The molecule has 16 heavy (non-hydrogen) atoms. The smallest absolute Gasteiger partial charge is 0.148 e. The molecule has 1 aliphatic heterocycles. The standard InChI is InChI=1S/C10H10ClFIN3/c11-6-8-1-2-10(9(12)5-8)16-4-3-15(13)7-14-16/h1-2,5,7H,3-4,6H2. The molecule has 86 valence electrons. The van der Waals surface area contributed by atoms with Crippen molar-refractivity contribution in [3.63, 3.8) is 0 Å². The number of alkyl halides is 1. The summed E-state index contributed by atoms with van der Waals surface area (Å²) in [7, 11) is 0. The Kier molecular flexibility index (Phi) is 3.86. The number of hydrogen-bond acceptors (Lipinski definition) is 3. The van der Waals surface area contributed by atoms with Crippen LogP contribution < -0.4 is 5.01 Å². The number of hydrazone groups is 1. The third-order valence-corrected chi connectivity index (χ3v) is 3.33. The fourth-order valence-electron chi connectivity index (χ4n) is 1.45. The quantitative estimate of drug-likeness (QED) is 0.462. The van der Waals surface area contributed by atoms with E-state index < -0.39 is 0 Å². The molecule has 1 aliphatic rings. The molecule has 0 unspecified atom stereocenters. The van der Waals surface area contributed by atoms with Gasteiger partial charge in [0, 0.05) is 12.4 Å². The minimum Gasteiger partial charge on any atom is -0.302 e. The van der Waals surface area contributed by atoms with E-state index in [0.717, 1.165) is 12.1 Å². The molecule has 1 heterocycles. The lowest BCUT2D eigenvalue weighted by atomic mass is 10.2. The Bertz CT molecular complexity index is 413. The number of anilines is 1. The molecule has 2 rings (SSSR count). The van der Waals surface area contributed by atoms with Crippen molar-refractivity contribution in [2.24, 2.45) is 5.10 Å². The van der Waals surface area contributed by atoms with Crippen LogP contribution >= 0.6 is 34.5 Å². The van der Waals surface area contributed by atoms with Crippen molar-refractivity contribution in [3.05, 3.63) is 29.6 Å². The van der Waals surface area contributed by atoms with Gasteiger partial charge in [-0.25, -0.2) is 4.39 Å². The predicted molar refractivity (Wildman–Crippen MR) is 72.5 cm³/mol. The third kappa shape index (κ3) is 2.57. The summed E-state index contributed by atoms with van der Waals surface area (Å²) in [5.74, 6) is 0.0411. The minimum absolute atomic E-state index is 0.280. The average Bonchev–Trinajstić information content (AvgIpc) is 2.30. The van der Waals surface area contributed by atoms with E-state index in [1.165, 1.54) is 6.07 Å². The van der Waals surface area contributed by atoms with E-state index in [2.05, 4.69) is 28.0 Å². The van der Waals surface area contributed by atoms with Crippen LogP contribution in [0.25, 0.3) is 0 Å². The Morgan fingerprint density at radius 1 is 1.44 bits per heavy atom. The van der Waals surface area contributed by atoms with Crippen LogP contribution in [0.2, 0.25) is 0 Å². The second-order valence-electron chi connectivity index (χ2n) is 3.40. The highest BCUT2D eigenvalue weighted by Crippen LogP contribution is 2.23. The maximum Gasteiger partial charge on any atom is 0.148 e. The van der Waals surface area contributed by atoms with Gasteiger partial charge in [0.25, 0.3) is 0 Å². The summed E-state index contributed by atoms with van der Waals surface area (Å²) in [6.07, 6.45) is 1.68. The zero-order chi connectivity index (χ0) is 11.5. The lowest BCUT2D eigenvalue weighted by molar-refractivity contribution is 0.600. The largest absolute Gasteiger partial charge is 0.302 e. The molecular weight excluding hydrogens is 343 g/mol. The summed E-state index contributed by atoms with van der Waals surface area (Å²) in [5, 5.41) is 5.81. The summed E-state index contributed by atoms with van der Waals surface area (Å²) in [6.45, 7) is 1.50. The van der Waals surface area contributed by atoms with E-state index in [4.69, 9.17) is 11.6 Å².